The quantitative estimate of drug-likeness (QED) is 0.455. The molecule has 1 aromatic heterocycles. The summed E-state index contributed by atoms with van der Waals surface area (Å²) >= 11 is 1.33. The molecule has 3 aromatic rings. The van der Waals surface area contributed by atoms with Crippen molar-refractivity contribution in [3.63, 3.8) is 0 Å². The van der Waals surface area contributed by atoms with Crippen LogP contribution in [-0.4, -0.2) is 51.8 Å². The summed E-state index contributed by atoms with van der Waals surface area (Å²) < 4.78 is 1.68. The molecule has 162 valence electrons. The number of thioether (sulfide) groups is 1. The van der Waals surface area contributed by atoms with Crippen molar-refractivity contribution in [1.29, 1.82) is 0 Å². The molecule has 0 radical (unpaired) electrons. The summed E-state index contributed by atoms with van der Waals surface area (Å²) in [5.41, 5.74) is 1.60. The summed E-state index contributed by atoms with van der Waals surface area (Å²) in [5.74, 6) is 0.238. The normalized spacial score (nSPS) is 15.3. The molecule has 1 N–H and O–H groups in total. The van der Waals surface area contributed by atoms with Gasteiger partial charge in [0.15, 0.2) is 5.16 Å². The lowest BCUT2D eigenvalue weighted by atomic mass is 10.1. The standard InChI is InChI=1S/C24H28N4O2S/c1-2-27-14-12-19(13-15-27)25-22(29)17-31-24-26-21-11-7-6-10-20(21)23(30)28(24)16-18-8-4-3-5-9-18/h3-11,19H,2,12-17H2,1H3,(H,25,29). The van der Waals surface area contributed by atoms with E-state index in [4.69, 9.17) is 4.98 Å². The molecule has 1 fully saturated rings. The van der Waals surface area contributed by atoms with Gasteiger partial charge in [0, 0.05) is 19.1 Å². The van der Waals surface area contributed by atoms with E-state index in [1.165, 1.54) is 11.8 Å². The molecule has 0 atom stereocenters. The molecule has 0 unspecified atom stereocenters. The van der Waals surface area contributed by atoms with Gasteiger partial charge < -0.3 is 10.2 Å². The number of rotatable bonds is 7. The Labute approximate surface area is 186 Å². The van der Waals surface area contributed by atoms with E-state index in [0.29, 0.717) is 22.6 Å². The molecule has 1 amide bonds. The fourth-order valence-electron chi connectivity index (χ4n) is 3.96. The lowest BCUT2D eigenvalue weighted by Gasteiger charge is -2.31. The molecule has 7 heteroatoms. The summed E-state index contributed by atoms with van der Waals surface area (Å²) in [5, 5.41) is 4.32. The van der Waals surface area contributed by atoms with Gasteiger partial charge in [-0.1, -0.05) is 61.2 Å². The minimum absolute atomic E-state index is 0.00591. The van der Waals surface area contributed by atoms with Gasteiger partial charge in [0.25, 0.3) is 5.56 Å². The molecule has 0 saturated carbocycles. The highest BCUT2D eigenvalue weighted by Crippen LogP contribution is 2.19. The highest BCUT2D eigenvalue weighted by Gasteiger charge is 2.20. The average molecular weight is 437 g/mol. The maximum Gasteiger partial charge on any atom is 0.262 e. The molecular formula is C24H28N4O2S. The van der Waals surface area contributed by atoms with Gasteiger partial charge in [0.05, 0.1) is 23.2 Å². The number of amides is 1. The van der Waals surface area contributed by atoms with Crippen LogP contribution in [0.15, 0.2) is 64.5 Å². The lowest BCUT2D eigenvalue weighted by molar-refractivity contribution is -0.119. The van der Waals surface area contributed by atoms with E-state index < -0.39 is 0 Å². The second-order valence-corrected chi connectivity index (χ2v) is 8.80. The number of carbonyl (C=O) groups excluding carboxylic acids is 1. The van der Waals surface area contributed by atoms with Crippen LogP contribution in [0.1, 0.15) is 25.3 Å². The fraction of sp³-hybridized carbons (Fsp3) is 0.375. The molecule has 1 saturated heterocycles. The number of fused-ring (bicyclic) bond motifs is 1. The third-order valence-corrected chi connectivity index (χ3v) is 6.72. The molecule has 1 aliphatic heterocycles. The Morgan fingerprint density at radius 2 is 1.81 bits per heavy atom. The SMILES string of the molecule is CCN1CCC(NC(=O)CSc2nc3ccccc3c(=O)n2Cc2ccccc2)CC1. The Morgan fingerprint density at radius 3 is 2.55 bits per heavy atom. The molecule has 31 heavy (non-hydrogen) atoms. The summed E-state index contributed by atoms with van der Waals surface area (Å²) in [7, 11) is 0. The first kappa shape index (κ1) is 21.6. The minimum Gasteiger partial charge on any atom is -0.353 e. The largest absolute Gasteiger partial charge is 0.353 e. The van der Waals surface area contributed by atoms with E-state index in [0.717, 1.165) is 38.0 Å². The highest BCUT2D eigenvalue weighted by atomic mass is 32.2. The maximum atomic E-state index is 13.2. The Balaban J connectivity index is 1.50. The molecule has 0 aliphatic carbocycles. The topological polar surface area (TPSA) is 67.2 Å². The van der Waals surface area contributed by atoms with E-state index in [1.54, 1.807) is 10.6 Å². The second kappa shape index (κ2) is 10.1. The molecule has 6 nitrogen and oxygen atoms in total. The van der Waals surface area contributed by atoms with Gasteiger partial charge in [-0.15, -0.1) is 0 Å². The van der Waals surface area contributed by atoms with Crippen LogP contribution in [-0.2, 0) is 11.3 Å². The van der Waals surface area contributed by atoms with E-state index in [1.807, 2.05) is 48.5 Å². The van der Waals surface area contributed by atoms with Crippen LogP contribution in [0.2, 0.25) is 0 Å². The first-order chi connectivity index (χ1) is 15.1. The molecule has 2 heterocycles. The van der Waals surface area contributed by atoms with Crippen molar-refractivity contribution < 1.29 is 4.79 Å². The second-order valence-electron chi connectivity index (χ2n) is 7.85. The zero-order valence-electron chi connectivity index (χ0n) is 17.8. The van der Waals surface area contributed by atoms with Crippen LogP contribution >= 0.6 is 11.8 Å². The van der Waals surface area contributed by atoms with Gasteiger partial charge in [-0.2, -0.15) is 0 Å². The molecule has 4 rings (SSSR count). The Morgan fingerprint density at radius 1 is 1.10 bits per heavy atom. The summed E-state index contributed by atoms with van der Waals surface area (Å²) in [6.45, 7) is 5.70. The number of para-hydroxylation sites is 1. The van der Waals surface area contributed by atoms with Crippen molar-refractivity contribution in [2.45, 2.75) is 37.5 Å². The van der Waals surface area contributed by atoms with Gasteiger partial charge in [0.1, 0.15) is 0 Å². The number of hydrogen-bond donors (Lipinski definition) is 1. The highest BCUT2D eigenvalue weighted by molar-refractivity contribution is 7.99. The van der Waals surface area contributed by atoms with Crippen LogP contribution in [0.3, 0.4) is 0 Å². The molecular weight excluding hydrogens is 408 g/mol. The third-order valence-electron chi connectivity index (χ3n) is 5.74. The summed E-state index contributed by atoms with van der Waals surface area (Å²) in [4.78, 5) is 32.9. The van der Waals surface area contributed by atoms with Crippen molar-refractivity contribution in [2.75, 3.05) is 25.4 Å². The van der Waals surface area contributed by atoms with Gasteiger partial charge >= 0.3 is 0 Å². The van der Waals surface area contributed by atoms with E-state index in [2.05, 4.69) is 17.1 Å². The van der Waals surface area contributed by atoms with E-state index >= 15 is 0 Å². The van der Waals surface area contributed by atoms with Crippen molar-refractivity contribution in [3.05, 3.63) is 70.5 Å². The van der Waals surface area contributed by atoms with Crippen molar-refractivity contribution in [1.82, 2.24) is 19.8 Å². The van der Waals surface area contributed by atoms with E-state index in [9.17, 15) is 9.59 Å². The number of likely N-dealkylation sites (tertiary alicyclic amines) is 1. The van der Waals surface area contributed by atoms with Crippen LogP contribution in [0.25, 0.3) is 10.9 Å². The zero-order valence-corrected chi connectivity index (χ0v) is 18.6. The first-order valence-corrected chi connectivity index (χ1v) is 11.8. The maximum absolute atomic E-state index is 13.2. The number of nitrogens with one attached hydrogen (secondary N) is 1. The van der Waals surface area contributed by atoms with Crippen LogP contribution < -0.4 is 10.9 Å². The zero-order chi connectivity index (χ0) is 21.6. The number of carbonyl (C=O) groups is 1. The Kier molecular flexibility index (Phi) is 7.04. The number of aromatic nitrogens is 2. The predicted octanol–water partition coefficient (Wildman–Crippen LogP) is 3.14. The van der Waals surface area contributed by atoms with Crippen LogP contribution in [0.5, 0.6) is 0 Å². The lowest BCUT2D eigenvalue weighted by Crippen LogP contribution is -2.45. The van der Waals surface area contributed by atoms with Gasteiger partial charge in [-0.25, -0.2) is 4.98 Å². The molecule has 1 aliphatic rings. The fourth-order valence-corrected chi connectivity index (χ4v) is 4.77. The average Bonchev–Trinajstić information content (AvgIpc) is 2.81. The summed E-state index contributed by atoms with van der Waals surface area (Å²) in [6.07, 6.45) is 1.97. The van der Waals surface area contributed by atoms with Gasteiger partial charge in [-0.3, -0.25) is 14.2 Å². The van der Waals surface area contributed by atoms with Crippen molar-refractivity contribution >= 4 is 28.6 Å². The molecule has 0 bridgehead atoms. The minimum atomic E-state index is -0.0794. The third kappa shape index (κ3) is 5.35. The van der Waals surface area contributed by atoms with Crippen molar-refractivity contribution in [2.24, 2.45) is 0 Å². The monoisotopic (exact) mass is 436 g/mol. The number of benzene rings is 2. The van der Waals surface area contributed by atoms with Crippen molar-refractivity contribution in [3.8, 4) is 0 Å². The van der Waals surface area contributed by atoms with Gasteiger partial charge in [0.2, 0.25) is 5.91 Å². The van der Waals surface area contributed by atoms with Crippen LogP contribution in [0, 0.1) is 0 Å². The Hall–Kier alpha value is -2.64. The number of nitrogens with zero attached hydrogens (tertiary/aromatic N) is 3. The van der Waals surface area contributed by atoms with E-state index in [-0.39, 0.29) is 23.3 Å². The van der Waals surface area contributed by atoms with Crippen LogP contribution in [0.4, 0.5) is 0 Å². The number of piperidine rings is 1. The summed E-state index contributed by atoms with van der Waals surface area (Å²) in [6, 6.07) is 17.4. The number of hydrogen-bond acceptors (Lipinski definition) is 5. The Bertz CT molecular complexity index is 1090. The smallest absolute Gasteiger partial charge is 0.262 e. The first-order valence-electron chi connectivity index (χ1n) is 10.8. The molecule has 0 spiro atoms. The molecule has 2 aromatic carbocycles. The predicted molar refractivity (Wildman–Crippen MR) is 126 cm³/mol. The van der Waals surface area contributed by atoms with Gasteiger partial charge in [-0.05, 0) is 37.1 Å².